The molecule has 0 spiro atoms. The smallest absolute Gasteiger partial charge is 0.411 e. The molecule has 0 saturated carbocycles. The van der Waals surface area contributed by atoms with Crippen LogP contribution in [0.4, 0.5) is 18.9 Å². The second kappa shape index (κ2) is 6.76. The SMILES string of the molecule is O=C(O)c1cc(Br)cc(NCCOCC(F)(F)F)c1. The molecule has 0 fully saturated rings. The molecule has 106 valence electrons. The third-order valence-electron chi connectivity index (χ3n) is 1.99. The third kappa shape index (κ3) is 6.44. The standard InChI is InChI=1S/C11H11BrF3NO3/c12-8-3-7(10(17)18)4-9(5-8)16-1-2-19-6-11(13,14)15/h3-5,16H,1-2,6H2,(H,17,18). The van der Waals surface area contributed by atoms with Crippen molar-refractivity contribution in [2.75, 3.05) is 25.1 Å². The minimum atomic E-state index is -4.34. The van der Waals surface area contributed by atoms with Crippen molar-refractivity contribution in [1.29, 1.82) is 0 Å². The number of anilines is 1. The van der Waals surface area contributed by atoms with E-state index >= 15 is 0 Å². The number of carboxylic acids is 1. The highest BCUT2D eigenvalue weighted by Crippen LogP contribution is 2.19. The highest BCUT2D eigenvalue weighted by molar-refractivity contribution is 9.10. The van der Waals surface area contributed by atoms with Gasteiger partial charge in [0.25, 0.3) is 0 Å². The molecule has 0 aromatic heterocycles. The van der Waals surface area contributed by atoms with E-state index in [4.69, 9.17) is 5.11 Å². The molecule has 0 aliphatic rings. The molecule has 0 radical (unpaired) electrons. The molecule has 0 heterocycles. The van der Waals surface area contributed by atoms with Crippen LogP contribution in [-0.2, 0) is 4.74 Å². The van der Waals surface area contributed by atoms with Gasteiger partial charge in [0.05, 0.1) is 12.2 Å². The molecule has 0 aliphatic carbocycles. The summed E-state index contributed by atoms with van der Waals surface area (Å²) in [6.45, 7) is -1.28. The van der Waals surface area contributed by atoms with Gasteiger partial charge in [0.2, 0.25) is 0 Å². The van der Waals surface area contributed by atoms with E-state index in [1.165, 1.54) is 12.1 Å². The van der Waals surface area contributed by atoms with Crippen LogP contribution < -0.4 is 5.32 Å². The lowest BCUT2D eigenvalue weighted by atomic mass is 10.2. The number of ether oxygens (including phenoxy) is 1. The first-order valence-electron chi connectivity index (χ1n) is 5.20. The van der Waals surface area contributed by atoms with Gasteiger partial charge < -0.3 is 15.2 Å². The van der Waals surface area contributed by atoms with E-state index in [2.05, 4.69) is 26.0 Å². The van der Waals surface area contributed by atoms with Crippen LogP contribution in [0.25, 0.3) is 0 Å². The zero-order valence-electron chi connectivity index (χ0n) is 9.63. The van der Waals surface area contributed by atoms with Crippen LogP contribution >= 0.6 is 15.9 Å². The molecule has 0 bridgehead atoms. The van der Waals surface area contributed by atoms with Crippen LogP contribution in [0.15, 0.2) is 22.7 Å². The van der Waals surface area contributed by atoms with Crippen molar-refractivity contribution >= 4 is 27.6 Å². The quantitative estimate of drug-likeness (QED) is 0.780. The second-order valence-corrected chi connectivity index (χ2v) is 4.54. The number of halogens is 4. The van der Waals surface area contributed by atoms with Crippen molar-refractivity contribution in [2.24, 2.45) is 0 Å². The maximum absolute atomic E-state index is 11.8. The van der Waals surface area contributed by atoms with Gasteiger partial charge >= 0.3 is 12.1 Å². The number of benzene rings is 1. The molecule has 4 nitrogen and oxygen atoms in total. The minimum absolute atomic E-state index is 0.0769. The molecule has 1 aromatic carbocycles. The number of aromatic carboxylic acids is 1. The number of alkyl halides is 3. The van der Waals surface area contributed by atoms with Crippen molar-refractivity contribution in [3.05, 3.63) is 28.2 Å². The van der Waals surface area contributed by atoms with E-state index in [1.54, 1.807) is 6.07 Å². The summed E-state index contributed by atoms with van der Waals surface area (Å²) in [7, 11) is 0. The van der Waals surface area contributed by atoms with Crippen LogP contribution in [0.1, 0.15) is 10.4 Å². The summed E-state index contributed by atoms with van der Waals surface area (Å²) in [5.41, 5.74) is 0.565. The van der Waals surface area contributed by atoms with E-state index in [-0.39, 0.29) is 18.7 Å². The Morgan fingerprint density at radius 3 is 2.63 bits per heavy atom. The summed E-state index contributed by atoms with van der Waals surface area (Å²) in [5.74, 6) is -1.09. The Morgan fingerprint density at radius 2 is 2.05 bits per heavy atom. The fourth-order valence-corrected chi connectivity index (χ4v) is 1.76. The number of hydrogen-bond acceptors (Lipinski definition) is 3. The molecule has 19 heavy (non-hydrogen) atoms. The molecule has 0 unspecified atom stereocenters. The summed E-state index contributed by atoms with van der Waals surface area (Å²) in [5, 5.41) is 11.6. The Bertz CT molecular complexity index is 451. The summed E-state index contributed by atoms with van der Waals surface area (Å²) in [6, 6.07) is 4.43. The van der Waals surface area contributed by atoms with Crippen molar-refractivity contribution in [3.63, 3.8) is 0 Å². The van der Waals surface area contributed by atoms with E-state index in [1.807, 2.05) is 0 Å². The summed E-state index contributed by atoms with van der Waals surface area (Å²) < 4.78 is 40.3. The average Bonchev–Trinajstić information content (AvgIpc) is 2.26. The fraction of sp³-hybridized carbons (Fsp3) is 0.364. The number of carbonyl (C=O) groups is 1. The van der Waals surface area contributed by atoms with E-state index in [0.29, 0.717) is 10.2 Å². The number of hydrogen-bond donors (Lipinski definition) is 2. The average molecular weight is 342 g/mol. The van der Waals surface area contributed by atoms with Crippen molar-refractivity contribution in [2.45, 2.75) is 6.18 Å². The van der Waals surface area contributed by atoms with Crippen LogP contribution in [0, 0.1) is 0 Å². The van der Waals surface area contributed by atoms with Crippen LogP contribution in [0.3, 0.4) is 0 Å². The minimum Gasteiger partial charge on any atom is -0.478 e. The van der Waals surface area contributed by atoms with Crippen LogP contribution in [-0.4, -0.2) is 37.0 Å². The summed E-state index contributed by atoms with van der Waals surface area (Å²) in [6.07, 6.45) is -4.34. The topological polar surface area (TPSA) is 58.6 Å². The second-order valence-electron chi connectivity index (χ2n) is 3.63. The third-order valence-corrected chi connectivity index (χ3v) is 2.44. The number of rotatable bonds is 6. The Morgan fingerprint density at radius 1 is 1.37 bits per heavy atom. The van der Waals surface area contributed by atoms with Gasteiger partial charge in [-0.1, -0.05) is 15.9 Å². The largest absolute Gasteiger partial charge is 0.478 e. The summed E-state index contributed by atoms with van der Waals surface area (Å²) in [4.78, 5) is 10.8. The molecule has 1 aromatic rings. The van der Waals surface area contributed by atoms with Gasteiger partial charge in [0.15, 0.2) is 0 Å². The van der Waals surface area contributed by atoms with Crippen molar-refractivity contribution in [3.8, 4) is 0 Å². The lowest BCUT2D eigenvalue weighted by Gasteiger charge is -2.10. The van der Waals surface area contributed by atoms with E-state index < -0.39 is 18.8 Å². The predicted molar refractivity (Wildman–Crippen MR) is 66.5 cm³/mol. The molecule has 0 atom stereocenters. The molecule has 0 saturated heterocycles. The molecule has 1 rings (SSSR count). The van der Waals surface area contributed by atoms with Gasteiger partial charge in [0, 0.05) is 16.7 Å². The first-order valence-corrected chi connectivity index (χ1v) is 5.99. The van der Waals surface area contributed by atoms with Crippen LogP contribution in [0.2, 0.25) is 0 Å². The molecular weight excluding hydrogens is 331 g/mol. The van der Waals surface area contributed by atoms with Gasteiger partial charge in [-0.3, -0.25) is 0 Å². The maximum atomic E-state index is 11.8. The molecule has 8 heteroatoms. The zero-order chi connectivity index (χ0) is 14.5. The molecule has 0 amide bonds. The number of nitrogens with one attached hydrogen (secondary N) is 1. The lowest BCUT2D eigenvalue weighted by molar-refractivity contribution is -0.172. The van der Waals surface area contributed by atoms with Crippen molar-refractivity contribution in [1.82, 2.24) is 0 Å². The fourth-order valence-electron chi connectivity index (χ4n) is 1.27. The Labute approximate surface area is 115 Å². The van der Waals surface area contributed by atoms with Gasteiger partial charge in [-0.05, 0) is 18.2 Å². The Balaban J connectivity index is 2.43. The van der Waals surface area contributed by atoms with E-state index in [9.17, 15) is 18.0 Å². The first kappa shape index (κ1) is 15.8. The number of carboxylic acid groups (broad SMARTS) is 1. The van der Waals surface area contributed by atoms with Crippen molar-refractivity contribution < 1.29 is 27.8 Å². The predicted octanol–water partition coefficient (Wildman–Crippen LogP) is 3.14. The van der Waals surface area contributed by atoms with Gasteiger partial charge in [0.1, 0.15) is 6.61 Å². The normalized spacial score (nSPS) is 11.4. The lowest BCUT2D eigenvalue weighted by Crippen LogP contribution is -2.20. The molecular formula is C11H11BrF3NO3. The Hall–Kier alpha value is -1.28. The van der Waals surface area contributed by atoms with Crippen LogP contribution in [0.5, 0.6) is 0 Å². The van der Waals surface area contributed by atoms with Gasteiger partial charge in [-0.2, -0.15) is 13.2 Å². The highest BCUT2D eigenvalue weighted by atomic mass is 79.9. The zero-order valence-corrected chi connectivity index (χ0v) is 11.2. The van der Waals surface area contributed by atoms with Gasteiger partial charge in [-0.25, -0.2) is 4.79 Å². The monoisotopic (exact) mass is 341 g/mol. The Kier molecular flexibility index (Phi) is 5.61. The van der Waals surface area contributed by atoms with Gasteiger partial charge in [-0.15, -0.1) is 0 Å². The first-order chi connectivity index (χ1) is 8.78. The highest BCUT2D eigenvalue weighted by Gasteiger charge is 2.27. The molecule has 2 N–H and O–H groups in total. The summed E-state index contributed by atoms with van der Waals surface area (Å²) >= 11 is 3.15. The maximum Gasteiger partial charge on any atom is 0.411 e. The molecule has 0 aliphatic heterocycles. The van der Waals surface area contributed by atoms with E-state index in [0.717, 1.165) is 0 Å².